The Hall–Kier alpha value is 0.350. The van der Waals surface area contributed by atoms with E-state index in [4.69, 9.17) is 9.05 Å². The van der Waals surface area contributed by atoms with Gasteiger partial charge in [-0.2, -0.15) is 0 Å². The maximum atomic E-state index is 5.65. The molecule has 0 amide bonds. The van der Waals surface area contributed by atoms with Crippen LogP contribution >= 0.6 is 8.38 Å². The zero-order chi connectivity index (χ0) is 8.70. The van der Waals surface area contributed by atoms with Crippen LogP contribution in [0, 0.1) is 0 Å². The largest absolute Gasteiger partial charge is 0.328 e. The van der Waals surface area contributed by atoms with E-state index in [9.17, 15) is 0 Å². The van der Waals surface area contributed by atoms with Crippen molar-refractivity contribution in [1.82, 2.24) is 0 Å². The first-order chi connectivity index (χ1) is 4.81. The summed E-state index contributed by atoms with van der Waals surface area (Å²) in [6, 6.07) is 0. The molecule has 1 heterocycles. The highest BCUT2D eigenvalue weighted by atomic mass is 31.2. The molecule has 1 saturated heterocycles. The molecule has 0 atom stereocenters. The quantitative estimate of drug-likeness (QED) is 0.528. The molecule has 3 heteroatoms. The fourth-order valence-electron chi connectivity index (χ4n) is 1.80. The highest BCUT2D eigenvalue weighted by Crippen LogP contribution is 2.51. The smallest absolute Gasteiger partial charge is 0.168 e. The molecule has 0 aromatic carbocycles. The summed E-state index contributed by atoms with van der Waals surface area (Å²) in [5, 5.41) is 0. The monoisotopic (exact) mass is 176 g/mol. The van der Waals surface area contributed by atoms with Gasteiger partial charge in [0.25, 0.3) is 0 Å². The van der Waals surface area contributed by atoms with Gasteiger partial charge < -0.3 is 9.05 Å². The third-order valence-corrected chi connectivity index (χ3v) is 3.11. The van der Waals surface area contributed by atoms with E-state index in [1.54, 1.807) is 0 Å². The standard InChI is InChI=1S/C8H17O2P/c1-7(2)6-8(3,4)10-11(5)9-7/h6H2,1-5H3. The van der Waals surface area contributed by atoms with Gasteiger partial charge in [-0.3, -0.25) is 0 Å². The summed E-state index contributed by atoms with van der Waals surface area (Å²) in [4.78, 5) is 0. The van der Waals surface area contributed by atoms with Crippen molar-refractivity contribution in [3.8, 4) is 0 Å². The lowest BCUT2D eigenvalue weighted by atomic mass is 9.93. The lowest BCUT2D eigenvalue weighted by molar-refractivity contribution is -0.0437. The maximum absolute atomic E-state index is 5.65. The number of rotatable bonds is 0. The highest BCUT2D eigenvalue weighted by Gasteiger charge is 2.38. The molecule has 0 aromatic heterocycles. The SMILES string of the molecule is CP1OC(C)(C)CC(C)(C)O1. The van der Waals surface area contributed by atoms with Gasteiger partial charge in [0.2, 0.25) is 0 Å². The van der Waals surface area contributed by atoms with Crippen molar-refractivity contribution in [2.45, 2.75) is 45.3 Å². The summed E-state index contributed by atoms with van der Waals surface area (Å²) in [5.41, 5.74) is -0.0234. The highest BCUT2D eigenvalue weighted by molar-refractivity contribution is 7.46. The first-order valence-corrected chi connectivity index (χ1v) is 5.55. The molecule has 1 aliphatic heterocycles. The van der Waals surface area contributed by atoms with E-state index in [-0.39, 0.29) is 11.2 Å². The van der Waals surface area contributed by atoms with E-state index in [0.29, 0.717) is 0 Å². The molecule has 0 aliphatic carbocycles. The molecular weight excluding hydrogens is 159 g/mol. The Labute approximate surface area is 70.2 Å². The van der Waals surface area contributed by atoms with Crippen LogP contribution in [0.15, 0.2) is 0 Å². The Morgan fingerprint density at radius 2 is 1.36 bits per heavy atom. The molecule has 1 fully saturated rings. The summed E-state index contributed by atoms with van der Waals surface area (Å²) in [6.07, 6.45) is 0.965. The van der Waals surface area contributed by atoms with Gasteiger partial charge in [0.15, 0.2) is 8.38 Å². The van der Waals surface area contributed by atoms with Crippen molar-refractivity contribution in [1.29, 1.82) is 0 Å². The van der Waals surface area contributed by atoms with Crippen molar-refractivity contribution >= 4 is 8.38 Å². The molecule has 1 aliphatic rings. The van der Waals surface area contributed by atoms with E-state index in [2.05, 4.69) is 27.7 Å². The van der Waals surface area contributed by atoms with Crippen molar-refractivity contribution in [3.05, 3.63) is 0 Å². The molecule has 0 spiro atoms. The summed E-state index contributed by atoms with van der Waals surface area (Å²) in [6.45, 7) is 10.5. The maximum Gasteiger partial charge on any atom is 0.168 e. The number of hydrogen-bond donors (Lipinski definition) is 0. The summed E-state index contributed by atoms with van der Waals surface area (Å²) in [5.74, 6) is 0. The first-order valence-electron chi connectivity index (χ1n) is 3.93. The van der Waals surface area contributed by atoms with Crippen molar-refractivity contribution in [3.63, 3.8) is 0 Å². The second-order valence-corrected chi connectivity index (χ2v) is 5.56. The predicted molar refractivity (Wildman–Crippen MR) is 47.8 cm³/mol. The average molecular weight is 176 g/mol. The van der Waals surface area contributed by atoms with Gasteiger partial charge in [-0.1, -0.05) is 0 Å². The van der Waals surface area contributed by atoms with E-state index >= 15 is 0 Å². The van der Waals surface area contributed by atoms with Crippen molar-refractivity contribution in [2.75, 3.05) is 6.66 Å². The fraction of sp³-hybridized carbons (Fsp3) is 1.00. The van der Waals surface area contributed by atoms with Gasteiger partial charge in [-0.15, -0.1) is 0 Å². The lowest BCUT2D eigenvalue weighted by Gasteiger charge is -2.43. The minimum absolute atomic E-state index is 0.0117. The molecule has 0 N–H and O–H groups in total. The van der Waals surface area contributed by atoms with E-state index in [0.717, 1.165) is 6.42 Å². The van der Waals surface area contributed by atoms with E-state index in [1.807, 2.05) is 6.66 Å². The summed E-state index contributed by atoms with van der Waals surface area (Å²) in [7, 11) is -0.668. The van der Waals surface area contributed by atoms with Crippen LogP contribution in [0.25, 0.3) is 0 Å². The second-order valence-electron chi connectivity index (χ2n) is 4.32. The molecule has 11 heavy (non-hydrogen) atoms. The van der Waals surface area contributed by atoms with Gasteiger partial charge in [-0.25, -0.2) is 0 Å². The van der Waals surface area contributed by atoms with Gasteiger partial charge in [-0.05, 0) is 27.7 Å². The van der Waals surface area contributed by atoms with Crippen LogP contribution in [-0.4, -0.2) is 17.9 Å². The molecule has 0 aromatic rings. The van der Waals surface area contributed by atoms with Gasteiger partial charge in [0.1, 0.15) is 0 Å². The second kappa shape index (κ2) is 2.69. The summed E-state index contributed by atoms with van der Waals surface area (Å²) >= 11 is 0. The van der Waals surface area contributed by atoms with Crippen LogP contribution < -0.4 is 0 Å². The van der Waals surface area contributed by atoms with Crippen LogP contribution in [0.3, 0.4) is 0 Å². The molecule has 66 valence electrons. The van der Waals surface area contributed by atoms with Crippen molar-refractivity contribution < 1.29 is 9.05 Å². The fourth-order valence-corrected chi connectivity index (χ4v) is 3.36. The lowest BCUT2D eigenvalue weighted by Crippen LogP contribution is -2.40. The Balaban J connectivity index is 2.66. The summed E-state index contributed by atoms with van der Waals surface area (Å²) < 4.78 is 11.3. The van der Waals surface area contributed by atoms with Gasteiger partial charge >= 0.3 is 0 Å². The van der Waals surface area contributed by atoms with Gasteiger partial charge in [0.05, 0.1) is 11.2 Å². The van der Waals surface area contributed by atoms with E-state index < -0.39 is 8.38 Å². The molecule has 0 unspecified atom stereocenters. The Bertz CT molecular complexity index is 138. The van der Waals surface area contributed by atoms with Crippen LogP contribution in [-0.2, 0) is 9.05 Å². The number of hydrogen-bond acceptors (Lipinski definition) is 2. The zero-order valence-corrected chi connectivity index (χ0v) is 8.87. The molecular formula is C8H17O2P. The van der Waals surface area contributed by atoms with Crippen LogP contribution in [0.2, 0.25) is 0 Å². The van der Waals surface area contributed by atoms with Crippen LogP contribution in [0.5, 0.6) is 0 Å². The van der Waals surface area contributed by atoms with Crippen molar-refractivity contribution in [2.24, 2.45) is 0 Å². The average Bonchev–Trinajstić information content (AvgIpc) is 1.49. The Kier molecular flexibility index (Phi) is 2.31. The topological polar surface area (TPSA) is 18.5 Å². The Morgan fingerprint density at radius 1 is 1.00 bits per heavy atom. The minimum Gasteiger partial charge on any atom is -0.328 e. The first kappa shape index (κ1) is 9.44. The molecule has 0 saturated carbocycles. The minimum atomic E-state index is -0.668. The molecule has 0 radical (unpaired) electrons. The normalized spacial score (nSPS) is 30.3. The molecule has 1 rings (SSSR count). The van der Waals surface area contributed by atoms with Crippen LogP contribution in [0.1, 0.15) is 34.1 Å². The van der Waals surface area contributed by atoms with Gasteiger partial charge in [0, 0.05) is 13.1 Å². The molecule has 2 nitrogen and oxygen atoms in total. The molecule has 0 bridgehead atoms. The van der Waals surface area contributed by atoms with E-state index in [1.165, 1.54) is 0 Å². The Morgan fingerprint density at radius 3 is 1.64 bits per heavy atom. The zero-order valence-electron chi connectivity index (χ0n) is 7.97. The third-order valence-electron chi connectivity index (χ3n) is 1.60. The van der Waals surface area contributed by atoms with Crippen LogP contribution in [0.4, 0.5) is 0 Å². The predicted octanol–water partition coefficient (Wildman–Crippen LogP) is 2.92. The third kappa shape index (κ3) is 2.70.